The van der Waals surface area contributed by atoms with Gasteiger partial charge in [-0.1, -0.05) is 6.07 Å². The van der Waals surface area contributed by atoms with Gasteiger partial charge in [-0.05, 0) is 25.0 Å². The summed E-state index contributed by atoms with van der Waals surface area (Å²) in [6.45, 7) is 1.71. The number of aryl methyl sites for hydroxylation is 1. The molecule has 0 bridgehead atoms. The van der Waals surface area contributed by atoms with Crippen LogP contribution in [0.5, 0.6) is 0 Å². The first-order valence-electron chi connectivity index (χ1n) is 5.99. The molecule has 20 heavy (non-hydrogen) atoms. The van der Waals surface area contributed by atoms with E-state index in [9.17, 15) is 4.79 Å². The molecule has 0 saturated heterocycles. The molecule has 2 heterocycles. The summed E-state index contributed by atoms with van der Waals surface area (Å²) in [5.74, 6) is -0.0305. The molecule has 0 unspecified atom stereocenters. The van der Waals surface area contributed by atoms with E-state index >= 15 is 0 Å². The summed E-state index contributed by atoms with van der Waals surface area (Å²) in [6.07, 6.45) is 2.27. The second kappa shape index (κ2) is 6.11. The van der Waals surface area contributed by atoms with Crippen LogP contribution in [-0.2, 0) is 17.6 Å². The molecule has 8 heteroatoms. The fourth-order valence-electron chi connectivity index (χ4n) is 1.55. The lowest BCUT2D eigenvalue weighted by molar-refractivity contribution is -0.138. The molecule has 0 aromatic carbocycles. The maximum Gasteiger partial charge on any atom is 0.320 e. The Morgan fingerprint density at radius 2 is 2.00 bits per heavy atom. The zero-order valence-electron chi connectivity index (χ0n) is 10.9. The lowest BCUT2D eigenvalue weighted by Crippen LogP contribution is -2.32. The van der Waals surface area contributed by atoms with Crippen LogP contribution in [0.3, 0.4) is 0 Å². The molecule has 0 spiro atoms. The van der Waals surface area contributed by atoms with Gasteiger partial charge in [-0.15, -0.1) is 20.4 Å². The topological polar surface area (TPSA) is 128 Å². The van der Waals surface area contributed by atoms with Gasteiger partial charge in [0.1, 0.15) is 6.04 Å². The molecule has 0 radical (unpaired) electrons. The smallest absolute Gasteiger partial charge is 0.320 e. The van der Waals surface area contributed by atoms with Crippen molar-refractivity contribution in [2.45, 2.75) is 25.8 Å². The van der Waals surface area contributed by atoms with Crippen molar-refractivity contribution in [3.63, 3.8) is 0 Å². The molecular weight excluding hydrogens is 260 g/mol. The van der Waals surface area contributed by atoms with Crippen molar-refractivity contribution < 1.29 is 9.90 Å². The number of carboxylic acids is 1. The van der Waals surface area contributed by atoms with Crippen molar-refractivity contribution in [1.29, 1.82) is 0 Å². The van der Waals surface area contributed by atoms with E-state index in [2.05, 4.69) is 25.4 Å². The zero-order chi connectivity index (χ0) is 14.5. The second-order valence-electron chi connectivity index (χ2n) is 4.35. The molecule has 8 nitrogen and oxygen atoms in total. The summed E-state index contributed by atoms with van der Waals surface area (Å²) in [4.78, 5) is 14.9. The van der Waals surface area contributed by atoms with E-state index in [1.165, 1.54) is 0 Å². The van der Waals surface area contributed by atoms with E-state index in [0.717, 1.165) is 11.3 Å². The SMILES string of the molecule is Cc1nnc(Cc2ccc(C[C@H](N)C(=O)O)cn2)nn1. The first kappa shape index (κ1) is 13.9. The summed E-state index contributed by atoms with van der Waals surface area (Å²) in [5.41, 5.74) is 6.98. The van der Waals surface area contributed by atoms with Crippen molar-refractivity contribution >= 4 is 5.97 Å². The Labute approximate surface area is 115 Å². The number of aliphatic carboxylic acids is 1. The first-order chi connectivity index (χ1) is 9.54. The number of nitrogens with zero attached hydrogens (tertiary/aromatic N) is 5. The predicted molar refractivity (Wildman–Crippen MR) is 68.7 cm³/mol. The van der Waals surface area contributed by atoms with Crippen molar-refractivity contribution in [2.75, 3.05) is 0 Å². The maximum atomic E-state index is 10.7. The van der Waals surface area contributed by atoms with Gasteiger partial charge in [0, 0.05) is 11.9 Å². The Hall–Kier alpha value is -2.48. The van der Waals surface area contributed by atoms with Crippen molar-refractivity contribution in [3.8, 4) is 0 Å². The first-order valence-corrected chi connectivity index (χ1v) is 5.99. The number of carbonyl (C=O) groups is 1. The molecule has 0 aliphatic rings. The van der Waals surface area contributed by atoms with E-state index in [1.807, 2.05) is 0 Å². The maximum absolute atomic E-state index is 10.7. The molecule has 0 aliphatic heterocycles. The highest BCUT2D eigenvalue weighted by Crippen LogP contribution is 2.06. The van der Waals surface area contributed by atoms with Crippen LogP contribution in [0.1, 0.15) is 22.9 Å². The number of rotatable bonds is 5. The average molecular weight is 274 g/mol. The number of carboxylic acid groups (broad SMARTS) is 1. The molecule has 0 fully saturated rings. The van der Waals surface area contributed by atoms with Gasteiger partial charge in [0.05, 0.1) is 6.42 Å². The van der Waals surface area contributed by atoms with Crippen LogP contribution in [0.4, 0.5) is 0 Å². The van der Waals surface area contributed by atoms with Gasteiger partial charge >= 0.3 is 5.97 Å². The van der Waals surface area contributed by atoms with E-state index in [1.54, 1.807) is 25.3 Å². The van der Waals surface area contributed by atoms with Crippen LogP contribution in [0.2, 0.25) is 0 Å². The minimum atomic E-state index is -1.03. The Kier molecular flexibility index (Phi) is 4.26. The van der Waals surface area contributed by atoms with Gasteiger partial charge in [-0.2, -0.15) is 0 Å². The van der Waals surface area contributed by atoms with Gasteiger partial charge in [0.2, 0.25) is 0 Å². The minimum absolute atomic E-state index is 0.243. The van der Waals surface area contributed by atoms with Crippen LogP contribution in [-0.4, -0.2) is 42.5 Å². The third-order valence-electron chi connectivity index (χ3n) is 2.62. The molecule has 2 rings (SSSR count). The van der Waals surface area contributed by atoms with Gasteiger partial charge < -0.3 is 10.8 Å². The van der Waals surface area contributed by atoms with Crippen LogP contribution < -0.4 is 5.73 Å². The van der Waals surface area contributed by atoms with Crippen LogP contribution >= 0.6 is 0 Å². The molecule has 0 saturated carbocycles. The molecule has 0 amide bonds. The van der Waals surface area contributed by atoms with E-state index in [0.29, 0.717) is 18.1 Å². The van der Waals surface area contributed by atoms with E-state index < -0.39 is 12.0 Å². The summed E-state index contributed by atoms with van der Waals surface area (Å²) in [6, 6.07) is 2.66. The van der Waals surface area contributed by atoms with E-state index in [-0.39, 0.29) is 6.42 Å². The highest BCUT2D eigenvalue weighted by Gasteiger charge is 2.12. The number of hydrogen-bond acceptors (Lipinski definition) is 7. The summed E-state index contributed by atoms with van der Waals surface area (Å²) in [7, 11) is 0. The predicted octanol–water partition coefficient (Wildman–Crippen LogP) is -0.485. The number of hydrogen-bond donors (Lipinski definition) is 2. The highest BCUT2D eigenvalue weighted by atomic mass is 16.4. The largest absolute Gasteiger partial charge is 0.480 e. The minimum Gasteiger partial charge on any atom is -0.480 e. The Balaban J connectivity index is 2.01. The van der Waals surface area contributed by atoms with Gasteiger partial charge in [0.25, 0.3) is 0 Å². The molecule has 2 aromatic heterocycles. The Morgan fingerprint density at radius 3 is 2.55 bits per heavy atom. The van der Waals surface area contributed by atoms with Crippen molar-refractivity contribution in [3.05, 3.63) is 41.2 Å². The molecule has 3 N–H and O–H groups in total. The quantitative estimate of drug-likeness (QED) is 0.747. The normalized spacial score (nSPS) is 12.1. The van der Waals surface area contributed by atoms with Gasteiger partial charge in [-0.25, -0.2) is 0 Å². The summed E-state index contributed by atoms with van der Waals surface area (Å²) < 4.78 is 0. The Bertz CT molecular complexity index is 584. The molecular formula is C12H14N6O2. The van der Waals surface area contributed by atoms with Crippen molar-refractivity contribution in [2.24, 2.45) is 5.73 Å². The molecule has 0 aliphatic carbocycles. The zero-order valence-corrected chi connectivity index (χ0v) is 10.9. The third kappa shape index (κ3) is 3.75. The molecule has 2 aromatic rings. The van der Waals surface area contributed by atoms with Crippen molar-refractivity contribution in [1.82, 2.24) is 25.4 Å². The second-order valence-corrected chi connectivity index (χ2v) is 4.35. The lowest BCUT2D eigenvalue weighted by Gasteiger charge is -2.06. The third-order valence-corrected chi connectivity index (χ3v) is 2.62. The number of pyridine rings is 1. The Morgan fingerprint density at radius 1 is 1.30 bits per heavy atom. The van der Waals surface area contributed by atoms with Gasteiger partial charge in [-0.3, -0.25) is 9.78 Å². The summed E-state index contributed by atoms with van der Waals surface area (Å²) >= 11 is 0. The summed E-state index contributed by atoms with van der Waals surface area (Å²) in [5, 5.41) is 24.2. The van der Waals surface area contributed by atoms with E-state index in [4.69, 9.17) is 10.8 Å². The van der Waals surface area contributed by atoms with Crippen LogP contribution in [0, 0.1) is 6.92 Å². The molecule has 104 valence electrons. The number of aromatic nitrogens is 5. The fourth-order valence-corrected chi connectivity index (χ4v) is 1.55. The monoisotopic (exact) mass is 274 g/mol. The number of nitrogens with two attached hydrogens (primary N) is 1. The lowest BCUT2D eigenvalue weighted by atomic mass is 10.1. The molecule has 1 atom stereocenters. The van der Waals surface area contributed by atoms with Crippen LogP contribution in [0.25, 0.3) is 0 Å². The highest BCUT2D eigenvalue weighted by molar-refractivity contribution is 5.73. The standard InChI is InChI=1S/C12H14N6O2/c1-7-15-17-11(18-16-7)5-9-3-2-8(6-14-9)4-10(13)12(19)20/h2-3,6,10H,4-5,13H2,1H3,(H,19,20)/t10-/m0/s1. The fraction of sp³-hybridized carbons (Fsp3) is 0.333. The average Bonchev–Trinajstić information content (AvgIpc) is 2.43. The van der Waals surface area contributed by atoms with Crippen LogP contribution in [0.15, 0.2) is 18.3 Å². The van der Waals surface area contributed by atoms with Gasteiger partial charge in [0.15, 0.2) is 11.6 Å².